The van der Waals surface area contributed by atoms with Crippen LogP contribution < -0.4 is 0 Å². The highest BCUT2D eigenvalue weighted by atomic mass is 16.1. The quantitative estimate of drug-likeness (QED) is 0.621. The first-order valence-corrected chi connectivity index (χ1v) is 6.10. The number of carbonyl (C=O) groups excluding carboxylic acids is 2. The summed E-state index contributed by atoms with van der Waals surface area (Å²) < 4.78 is 0. The van der Waals surface area contributed by atoms with Crippen molar-refractivity contribution in [2.75, 3.05) is 0 Å². The van der Waals surface area contributed by atoms with Crippen LogP contribution in [-0.2, 0) is 9.59 Å². The average Bonchev–Trinajstić information content (AvgIpc) is 2.28. The molecule has 1 aliphatic heterocycles. The van der Waals surface area contributed by atoms with Crippen molar-refractivity contribution < 1.29 is 9.59 Å². The predicted octanol–water partition coefficient (Wildman–Crippen LogP) is 1.86. The maximum absolute atomic E-state index is 11.8. The Kier molecular flexibility index (Phi) is 2.27. The lowest BCUT2D eigenvalue weighted by molar-refractivity contribution is -0.120. The fourth-order valence-corrected chi connectivity index (χ4v) is 2.93. The number of rotatable bonds is 0. The van der Waals surface area contributed by atoms with Crippen LogP contribution in [0.4, 0.5) is 0 Å². The second-order valence-corrected chi connectivity index (χ2v) is 4.87. The van der Waals surface area contributed by atoms with E-state index < -0.39 is 0 Å². The first kappa shape index (κ1) is 9.94. The highest BCUT2D eigenvalue weighted by molar-refractivity contribution is 6.11. The van der Waals surface area contributed by atoms with Gasteiger partial charge in [0.15, 0.2) is 5.78 Å². The van der Waals surface area contributed by atoms with Crippen LogP contribution in [0.2, 0.25) is 0 Å². The first-order valence-electron chi connectivity index (χ1n) is 6.10. The summed E-state index contributed by atoms with van der Waals surface area (Å²) in [6.45, 7) is 0. The molecule has 2 fully saturated rings. The molecule has 84 valence electrons. The monoisotopic (exact) mass is 217 g/mol. The van der Waals surface area contributed by atoms with E-state index in [4.69, 9.17) is 0 Å². The lowest BCUT2D eigenvalue weighted by Crippen LogP contribution is -2.36. The van der Waals surface area contributed by atoms with Gasteiger partial charge in [0.25, 0.3) is 0 Å². The molecule has 0 spiro atoms. The van der Waals surface area contributed by atoms with Crippen molar-refractivity contribution in [1.29, 1.82) is 0 Å². The van der Waals surface area contributed by atoms with E-state index in [-0.39, 0.29) is 23.5 Å². The number of hydrogen-bond acceptors (Lipinski definition) is 3. The van der Waals surface area contributed by atoms with Gasteiger partial charge in [0.1, 0.15) is 5.78 Å². The van der Waals surface area contributed by atoms with E-state index in [1.165, 1.54) is 0 Å². The number of allylic oxidation sites excluding steroid dienone is 1. The third kappa shape index (κ3) is 1.46. The molecule has 0 aromatic carbocycles. The lowest BCUT2D eigenvalue weighted by Gasteiger charge is -2.31. The smallest absolute Gasteiger partial charge is 0.160 e. The summed E-state index contributed by atoms with van der Waals surface area (Å²) in [5.41, 5.74) is 1.84. The number of hydrogen-bond donors (Lipinski definition) is 0. The fourth-order valence-electron chi connectivity index (χ4n) is 2.93. The molecule has 0 saturated heterocycles. The molecule has 3 heteroatoms. The van der Waals surface area contributed by atoms with Crippen molar-refractivity contribution in [3.8, 4) is 0 Å². The summed E-state index contributed by atoms with van der Waals surface area (Å²) >= 11 is 0. The molecule has 2 aliphatic carbocycles. The minimum atomic E-state index is -0.165. The molecular weight excluding hydrogens is 202 g/mol. The minimum absolute atomic E-state index is 0.0680. The molecule has 0 bridgehead atoms. The topological polar surface area (TPSA) is 46.5 Å². The molecule has 16 heavy (non-hydrogen) atoms. The summed E-state index contributed by atoms with van der Waals surface area (Å²) in [6, 6.07) is 0.0680. The van der Waals surface area contributed by atoms with Crippen LogP contribution in [0.25, 0.3) is 0 Å². The molecule has 2 unspecified atom stereocenters. The summed E-state index contributed by atoms with van der Waals surface area (Å²) in [5.74, 6) is 0.286. The number of nitrogens with zero attached hydrogens (tertiary/aromatic N) is 1. The lowest BCUT2D eigenvalue weighted by atomic mass is 9.78. The molecule has 2 saturated carbocycles. The molecular formula is C13H15NO2. The Morgan fingerprint density at radius 2 is 2.00 bits per heavy atom. The predicted molar refractivity (Wildman–Crippen MR) is 60.5 cm³/mol. The molecule has 3 aliphatic rings. The number of fused-ring (bicyclic) bond motifs is 2. The van der Waals surface area contributed by atoms with E-state index in [0.717, 1.165) is 37.0 Å². The van der Waals surface area contributed by atoms with Crippen LogP contribution in [-0.4, -0.2) is 23.3 Å². The van der Waals surface area contributed by atoms with Crippen LogP contribution in [0, 0.1) is 5.92 Å². The SMILES string of the molecule is O=C1CCCC2N=C3CCCC(=O)C3C=C12. The summed E-state index contributed by atoms with van der Waals surface area (Å²) in [6.07, 6.45) is 6.97. The Bertz CT molecular complexity index is 420. The zero-order valence-electron chi connectivity index (χ0n) is 9.24. The number of dihydropyridines is 1. The largest absolute Gasteiger partial charge is 0.299 e. The van der Waals surface area contributed by atoms with Crippen molar-refractivity contribution in [3.63, 3.8) is 0 Å². The molecule has 0 radical (unpaired) electrons. The van der Waals surface area contributed by atoms with Crippen molar-refractivity contribution in [3.05, 3.63) is 11.6 Å². The van der Waals surface area contributed by atoms with Crippen LogP contribution in [0.3, 0.4) is 0 Å². The molecule has 0 N–H and O–H groups in total. The van der Waals surface area contributed by atoms with E-state index in [1.54, 1.807) is 0 Å². The molecule has 3 rings (SSSR count). The van der Waals surface area contributed by atoms with Gasteiger partial charge in [-0.1, -0.05) is 6.08 Å². The fraction of sp³-hybridized carbons (Fsp3) is 0.615. The third-order valence-electron chi connectivity index (χ3n) is 3.79. The van der Waals surface area contributed by atoms with Gasteiger partial charge in [-0.2, -0.15) is 0 Å². The second kappa shape index (κ2) is 3.65. The highest BCUT2D eigenvalue weighted by Crippen LogP contribution is 2.33. The molecule has 0 aromatic rings. The number of Topliss-reactive ketones (excluding diaryl/α,β-unsaturated/α-hetero) is 2. The van der Waals surface area contributed by atoms with Crippen LogP contribution in [0.5, 0.6) is 0 Å². The maximum atomic E-state index is 11.8. The van der Waals surface area contributed by atoms with Crippen molar-refractivity contribution in [1.82, 2.24) is 0 Å². The Morgan fingerprint density at radius 1 is 1.12 bits per heavy atom. The van der Waals surface area contributed by atoms with Crippen LogP contribution >= 0.6 is 0 Å². The Morgan fingerprint density at radius 3 is 2.88 bits per heavy atom. The number of aliphatic imine (C=N–C) groups is 1. The normalized spacial score (nSPS) is 33.8. The van der Waals surface area contributed by atoms with Gasteiger partial charge in [0.2, 0.25) is 0 Å². The highest BCUT2D eigenvalue weighted by Gasteiger charge is 2.35. The Hall–Kier alpha value is -1.25. The van der Waals surface area contributed by atoms with E-state index in [2.05, 4.69) is 4.99 Å². The molecule has 1 heterocycles. The van der Waals surface area contributed by atoms with Crippen molar-refractivity contribution >= 4 is 17.3 Å². The number of ketones is 2. The standard InChI is InChI=1S/C13H15NO2/c15-12-5-1-3-10-8(12)7-9-11(14-10)4-2-6-13(9)16/h7-8,11H,1-6H2. The van der Waals surface area contributed by atoms with Gasteiger partial charge < -0.3 is 0 Å². The van der Waals surface area contributed by atoms with Crippen LogP contribution in [0.15, 0.2) is 16.6 Å². The van der Waals surface area contributed by atoms with Gasteiger partial charge in [-0.15, -0.1) is 0 Å². The van der Waals surface area contributed by atoms with Crippen LogP contribution in [0.1, 0.15) is 38.5 Å². The van der Waals surface area contributed by atoms with Gasteiger partial charge in [-0.25, -0.2) is 0 Å². The zero-order valence-corrected chi connectivity index (χ0v) is 9.24. The summed E-state index contributed by atoms with van der Waals surface area (Å²) in [4.78, 5) is 28.2. The third-order valence-corrected chi connectivity index (χ3v) is 3.79. The average molecular weight is 217 g/mol. The molecule has 3 nitrogen and oxygen atoms in total. The van der Waals surface area contributed by atoms with E-state index in [9.17, 15) is 9.59 Å². The molecule has 0 aromatic heterocycles. The van der Waals surface area contributed by atoms with Crippen molar-refractivity contribution in [2.45, 2.75) is 44.6 Å². The zero-order chi connectivity index (χ0) is 11.1. The molecule has 0 amide bonds. The van der Waals surface area contributed by atoms with Gasteiger partial charge >= 0.3 is 0 Å². The first-order chi connectivity index (χ1) is 7.75. The Labute approximate surface area is 94.6 Å². The van der Waals surface area contributed by atoms with Gasteiger partial charge in [-0.3, -0.25) is 14.6 Å². The van der Waals surface area contributed by atoms with E-state index in [1.807, 2.05) is 6.08 Å². The molecule has 2 atom stereocenters. The number of carbonyl (C=O) groups is 2. The summed E-state index contributed by atoms with van der Waals surface area (Å²) in [5, 5.41) is 0. The van der Waals surface area contributed by atoms with Crippen molar-refractivity contribution in [2.24, 2.45) is 10.9 Å². The van der Waals surface area contributed by atoms with Gasteiger partial charge in [0.05, 0.1) is 12.0 Å². The maximum Gasteiger partial charge on any atom is 0.160 e. The van der Waals surface area contributed by atoms with Gasteiger partial charge in [-0.05, 0) is 25.7 Å². The van der Waals surface area contributed by atoms with Gasteiger partial charge in [0, 0.05) is 24.1 Å². The Balaban J connectivity index is 1.97. The van der Waals surface area contributed by atoms with E-state index in [0.29, 0.717) is 12.8 Å². The summed E-state index contributed by atoms with van der Waals surface area (Å²) in [7, 11) is 0. The minimum Gasteiger partial charge on any atom is -0.299 e. The van der Waals surface area contributed by atoms with E-state index >= 15 is 0 Å². The second-order valence-electron chi connectivity index (χ2n) is 4.87.